The first kappa shape index (κ1) is 21.6. The third-order valence-corrected chi connectivity index (χ3v) is 5.04. The van der Waals surface area contributed by atoms with Crippen molar-refractivity contribution in [1.29, 1.82) is 0 Å². The number of rotatable bonds is 7. The summed E-state index contributed by atoms with van der Waals surface area (Å²) in [4.78, 5) is 4.00. The summed E-state index contributed by atoms with van der Waals surface area (Å²) in [6.07, 6.45) is -0.645. The first-order chi connectivity index (χ1) is 14.4. The Morgan fingerprint density at radius 2 is 1.57 bits per heavy atom. The largest absolute Gasteiger partial charge is 0.416 e. The number of nitrogens with zero attached hydrogens (tertiary/aromatic N) is 1. The molecule has 30 heavy (non-hydrogen) atoms. The summed E-state index contributed by atoms with van der Waals surface area (Å²) < 4.78 is 38.3. The molecule has 1 N–H and O–H groups in total. The molecule has 3 aromatic carbocycles. The average molecular weight is 410 g/mol. The molecule has 3 aromatic rings. The van der Waals surface area contributed by atoms with Gasteiger partial charge < -0.3 is 5.32 Å². The van der Waals surface area contributed by atoms with Crippen molar-refractivity contribution in [1.82, 2.24) is 0 Å². The van der Waals surface area contributed by atoms with Gasteiger partial charge in [-0.25, -0.2) is 0 Å². The lowest BCUT2D eigenvalue weighted by Crippen LogP contribution is -2.04. The van der Waals surface area contributed by atoms with E-state index < -0.39 is 11.7 Å². The van der Waals surface area contributed by atoms with E-state index in [1.165, 1.54) is 23.3 Å². The molecule has 0 aliphatic rings. The van der Waals surface area contributed by atoms with Gasteiger partial charge in [-0.1, -0.05) is 42.5 Å². The third kappa shape index (κ3) is 5.72. The van der Waals surface area contributed by atoms with Crippen LogP contribution in [0.3, 0.4) is 0 Å². The van der Waals surface area contributed by atoms with Crippen molar-refractivity contribution in [3.05, 3.63) is 89.0 Å². The number of anilines is 1. The van der Waals surface area contributed by atoms with Crippen LogP contribution in [-0.2, 0) is 12.6 Å². The van der Waals surface area contributed by atoms with Gasteiger partial charge in [0.15, 0.2) is 0 Å². The molecule has 0 saturated carbocycles. The molecule has 0 atom stereocenters. The second kappa shape index (κ2) is 9.61. The van der Waals surface area contributed by atoms with E-state index in [1.54, 1.807) is 7.05 Å². The Morgan fingerprint density at radius 1 is 0.900 bits per heavy atom. The first-order valence-corrected chi connectivity index (χ1v) is 9.90. The standard InChI is InChI=1S/C25H25F3N2/c1-18-5-8-22(20-9-11-23(12-10-20)25(26,27)28)16-21(18)4-3-15-30-24-13-6-19(7-14-24)17-29-2/h5-14,16-17,30H,3-4,15H2,1-2H3. The maximum atomic E-state index is 12.8. The number of aryl methyl sites for hydroxylation is 2. The number of aliphatic imine (C=N–C) groups is 1. The van der Waals surface area contributed by atoms with Crippen molar-refractivity contribution in [3.8, 4) is 11.1 Å². The molecule has 0 aliphatic carbocycles. The highest BCUT2D eigenvalue weighted by atomic mass is 19.4. The summed E-state index contributed by atoms with van der Waals surface area (Å²) in [6, 6.07) is 19.5. The SMILES string of the molecule is CN=Cc1ccc(NCCCc2cc(-c3ccc(C(F)(F)F)cc3)ccc2C)cc1. The Balaban J connectivity index is 1.60. The minimum atomic E-state index is -4.31. The van der Waals surface area contributed by atoms with Gasteiger partial charge in [-0.3, -0.25) is 4.99 Å². The number of benzene rings is 3. The van der Waals surface area contributed by atoms with Crippen LogP contribution in [-0.4, -0.2) is 19.8 Å². The Hall–Kier alpha value is -3.08. The lowest BCUT2D eigenvalue weighted by atomic mass is 9.96. The number of halogens is 3. The third-order valence-electron chi connectivity index (χ3n) is 5.04. The molecule has 0 radical (unpaired) electrons. The Bertz CT molecular complexity index is 988. The Kier molecular flexibility index (Phi) is 6.93. The van der Waals surface area contributed by atoms with E-state index in [2.05, 4.69) is 23.3 Å². The summed E-state index contributed by atoms with van der Waals surface area (Å²) in [5.74, 6) is 0. The van der Waals surface area contributed by atoms with Crippen LogP contribution < -0.4 is 5.32 Å². The predicted octanol–water partition coefficient (Wildman–Crippen LogP) is 6.77. The molecule has 0 aromatic heterocycles. The van der Waals surface area contributed by atoms with Crippen molar-refractivity contribution >= 4 is 11.9 Å². The van der Waals surface area contributed by atoms with Crippen LogP contribution in [0.5, 0.6) is 0 Å². The van der Waals surface area contributed by atoms with Gasteiger partial charge in [0.1, 0.15) is 0 Å². The minimum Gasteiger partial charge on any atom is -0.385 e. The summed E-state index contributed by atoms with van der Waals surface area (Å²) in [6.45, 7) is 2.90. The van der Waals surface area contributed by atoms with Gasteiger partial charge in [-0.15, -0.1) is 0 Å². The van der Waals surface area contributed by atoms with Crippen LogP contribution >= 0.6 is 0 Å². The van der Waals surface area contributed by atoms with Crippen LogP contribution in [0.4, 0.5) is 18.9 Å². The summed E-state index contributed by atoms with van der Waals surface area (Å²) in [5, 5.41) is 3.42. The molecule has 0 heterocycles. The van der Waals surface area contributed by atoms with Gasteiger partial charge in [-0.05, 0) is 71.8 Å². The molecule has 2 nitrogen and oxygen atoms in total. The number of hydrogen-bond acceptors (Lipinski definition) is 2. The van der Waals surface area contributed by atoms with Gasteiger partial charge in [0.25, 0.3) is 0 Å². The van der Waals surface area contributed by atoms with Gasteiger partial charge in [0.2, 0.25) is 0 Å². The van der Waals surface area contributed by atoms with Crippen molar-refractivity contribution in [3.63, 3.8) is 0 Å². The van der Waals surface area contributed by atoms with Crippen molar-refractivity contribution in [2.75, 3.05) is 18.9 Å². The number of nitrogens with one attached hydrogen (secondary N) is 1. The minimum absolute atomic E-state index is 0.625. The second-order valence-electron chi connectivity index (χ2n) is 7.26. The van der Waals surface area contributed by atoms with E-state index in [0.29, 0.717) is 0 Å². The van der Waals surface area contributed by atoms with E-state index in [4.69, 9.17) is 0 Å². The van der Waals surface area contributed by atoms with E-state index in [-0.39, 0.29) is 0 Å². The van der Waals surface area contributed by atoms with Crippen LogP contribution in [0.1, 0.15) is 28.7 Å². The molecule has 0 fully saturated rings. The maximum absolute atomic E-state index is 12.8. The molecule has 0 saturated heterocycles. The summed E-state index contributed by atoms with van der Waals surface area (Å²) >= 11 is 0. The highest BCUT2D eigenvalue weighted by Crippen LogP contribution is 2.31. The van der Waals surface area contributed by atoms with Crippen molar-refractivity contribution < 1.29 is 13.2 Å². The van der Waals surface area contributed by atoms with Crippen LogP contribution in [0.25, 0.3) is 11.1 Å². The fourth-order valence-corrected chi connectivity index (χ4v) is 3.32. The zero-order valence-corrected chi connectivity index (χ0v) is 17.1. The van der Waals surface area contributed by atoms with Crippen LogP contribution in [0.2, 0.25) is 0 Å². The smallest absolute Gasteiger partial charge is 0.385 e. The molecular formula is C25H25F3N2. The monoisotopic (exact) mass is 410 g/mol. The summed E-state index contributed by atoms with van der Waals surface area (Å²) in [5.41, 5.74) is 5.64. The molecule has 0 amide bonds. The zero-order chi connectivity index (χ0) is 21.6. The second-order valence-corrected chi connectivity index (χ2v) is 7.26. The van der Waals surface area contributed by atoms with Gasteiger partial charge in [0, 0.05) is 25.5 Å². The lowest BCUT2D eigenvalue weighted by Gasteiger charge is -2.12. The maximum Gasteiger partial charge on any atom is 0.416 e. The molecule has 0 unspecified atom stereocenters. The normalized spacial score (nSPS) is 11.8. The fraction of sp³-hybridized carbons (Fsp3) is 0.240. The molecule has 3 rings (SSSR count). The molecular weight excluding hydrogens is 385 g/mol. The highest BCUT2D eigenvalue weighted by Gasteiger charge is 2.29. The molecule has 156 valence electrons. The topological polar surface area (TPSA) is 24.4 Å². The molecule has 0 bridgehead atoms. The van der Waals surface area contributed by atoms with Crippen molar-refractivity contribution in [2.24, 2.45) is 4.99 Å². The lowest BCUT2D eigenvalue weighted by molar-refractivity contribution is -0.137. The Morgan fingerprint density at radius 3 is 2.20 bits per heavy atom. The van der Waals surface area contributed by atoms with Gasteiger partial charge >= 0.3 is 6.18 Å². The molecule has 0 spiro atoms. The summed E-state index contributed by atoms with van der Waals surface area (Å²) in [7, 11) is 1.75. The van der Waals surface area contributed by atoms with Crippen LogP contribution in [0.15, 0.2) is 71.7 Å². The fourth-order valence-electron chi connectivity index (χ4n) is 3.32. The van der Waals surface area contributed by atoms with Crippen LogP contribution in [0, 0.1) is 6.92 Å². The van der Waals surface area contributed by atoms with E-state index in [1.807, 2.05) is 42.6 Å². The predicted molar refractivity (Wildman–Crippen MR) is 118 cm³/mol. The quantitative estimate of drug-likeness (QED) is 0.337. The highest BCUT2D eigenvalue weighted by molar-refractivity contribution is 5.80. The van der Waals surface area contributed by atoms with E-state index in [0.717, 1.165) is 53.9 Å². The molecule has 0 aliphatic heterocycles. The Labute approximate surface area is 175 Å². The first-order valence-electron chi connectivity index (χ1n) is 9.90. The molecule has 5 heteroatoms. The number of alkyl halides is 3. The number of hydrogen-bond donors (Lipinski definition) is 1. The zero-order valence-electron chi connectivity index (χ0n) is 17.1. The average Bonchev–Trinajstić information content (AvgIpc) is 2.73. The van der Waals surface area contributed by atoms with Gasteiger partial charge in [0.05, 0.1) is 5.56 Å². The van der Waals surface area contributed by atoms with Gasteiger partial charge in [-0.2, -0.15) is 13.2 Å². The van der Waals surface area contributed by atoms with E-state index >= 15 is 0 Å². The van der Waals surface area contributed by atoms with E-state index in [9.17, 15) is 13.2 Å². The van der Waals surface area contributed by atoms with Crippen molar-refractivity contribution in [2.45, 2.75) is 25.9 Å².